The molecule has 4 heteroatoms. The molecule has 0 aliphatic heterocycles. The number of nitrogens with zero attached hydrogens (tertiary/aromatic N) is 2. The molecule has 1 atom stereocenters. The molecule has 0 bridgehead atoms. The minimum absolute atomic E-state index is 0.0268. The molecule has 2 rings (SSSR count). The molecular weight excluding hydrogens is 272 g/mol. The number of pyridine rings is 1. The molecule has 0 spiro atoms. The lowest BCUT2D eigenvalue weighted by Crippen LogP contribution is -2.30. The van der Waals surface area contributed by atoms with Gasteiger partial charge >= 0.3 is 0 Å². The van der Waals surface area contributed by atoms with E-state index in [1.54, 1.807) is 18.0 Å². The van der Waals surface area contributed by atoms with Crippen molar-refractivity contribution in [3.8, 4) is 0 Å². The number of amides is 1. The summed E-state index contributed by atoms with van der Waals surface area (Å²) >= 11 is 6.13. The Bertz CT molecular complexity index is 613. The van der Waals surface area contributed by atoms with Crippen LogP contribution < -0.4 is 0 Å². The second-order valence-corrected chi connectivity index (χ2v) is 5.22. The highest BCUT2D eigenvalue weighted by Crippen LogP contribution is 2.23. The molecule has 2 aromatic rings. The summed E-state index contributed by atoms with van der Waals surface area (Å²) in [5.41, 5.74) is 2.31. The molecule has 1 aromatic heterocycles. The third-order valence-corrected chi connectivity index (χ3v) is 3.72. The third-order valence-electron chi connectivity index (χ3n) is 3.40. The van der Waals surface area contributed by atoms with Gasteiger partial charge in [0.15, 0.2) is 0 Å². The van der Waals surface area contributed by atoms with Crippen LogP contribution in [0.25, 0.3) is 0 Å². The van der Waals surface area contributed by atoms with E-state index in [0.29, 0.717) is 10.6 Å². The van der Waals surface area contributed by atoms with Gasteiger partial charge in [-0.1, -0.05) is 41.9 Å². The van der Waals surface area contributed by atoms with Crippen molar-refractivity contribution in [3.05, 3.63) is 64.4 Å². The molecule has 1 unspecified atom stereocenters. The van der Waals surface area contributed by atoms with Crippen molar-refractivity contribution >= 4 is 17.5 Å². The maximum atomic E-state index is 12.5. The van der Waals surface area contributed by atoms with Gasteiger partial charge in [0.1, 0.15) is 0 Å². The molecule has 1 amide bonds. The van der Waals surface area contributed by atoms with Gasteiger partial charge in [0.25, 0.3) is 5.91 Å². The second-order valence-electron chi connectivity index (χ2n) is 4.81. The van der Waals surface area contributed by atoms with E-state index in [1.807, 2.05) is 44.2 Å². The molecule has 0 radical (unpaired) electrons. The normalized spacial score (nSPS) is 12.0. The highest BCUT2D eigenvalue weighted by molar-refractivity contribution is 6.33. The minimum Gasteiger partial charge on any atom is -0.335 e. The maximum Gasteiger partial charge on any atom is 0.257 e. The molecule has 0 aliphatic carbocycles. The summed E-state index contributed by atoms with van der Waals surface area (Å²) in [5, 5.41) is 0.439. The molecule has 1 heterocycles. The van der Waals surface area contributed by atoms with Gasteiger partial charge in [-0.3, -0.25) is 9.78 Å². The van der Waals surface area contributed by atoms with Gasteiger partial charge < -0.3 is 4.90 Å². The maximum absolute atomic E-state index is 12.5. The molecule has 0 saturated heterocycles. The average Bonchev–Trinajstić information content (AvgIpc) is 2.46. The largest absolute Gasteiger partial charge is 0.335 e. The Morgan fingerprint density at radius 3 is 2.55 bits per heavy atom. The van der Waals surface area contributed by atoms with Crippen molar-refractivity contribution in [2.45, 2.75) is 19.9 Å². The first-order valence-corrected chi connectivity index (χ1v) is 6.82. The van der Waals surface area contributed by atoms with Crippen LogP contribution in [0.2, 0.25) is 5.02 Å². The van der Waals surface area contributed by atoms with Gasteiger partial charge in [-0.2, -0.15) is 0 Å². The van der Waals surface area contributed by atoms with Gasteiger partial charge in [0.05, 0.1) is 16.6 Å². The summed E-state index contributed by atoms with van der Waals surface area (Å²) in [6.07, 6.45) is 1.54. The molecular formula is C16H17ClN2O. The predicted octanol–water partition coefficient (Wildman–Crippen LogP) is 3.88. The number of aryl methyl sites for hydroxylation is 1. The lowest BCUT2D eigenvalue weighted by atomic mass is 10.1. The van der Waals surface area contributed by atoms with E-state index < -0.39 is 0 Å². The van der Waals surface area contributed by atoms with Gasteiger partial charge in [0, 0.05) is 18.9 Å². The number of benzene rings is 1. The Labute approximate surface area is 124 Å². The number of halogens is 1. The van der Waals surface area contributed by atoms with Crippen molar-refractivity contribution < 1.29 is 4.79 Å². The van der Waals surface area contributed by atoms with Gasteiger partial charge in [-0.05, 0) is 25.5 Å². The monoisotopic (exact) mass is 288 g/mol. The van der Waals surface area contributed by atoms with Gasteiger partial charge in [-0.15, -0.1) is 0 Å². The van der Waals surface area contributed by atoms with E-state index in [9.17, 15) is 4.79 Å². The zero-order chi connectivity index (χ0) is 14.7. The molecule has 0 fully saturated rings. The highest BCUT2D eigenvalue weighted by Gasteiger charge is 2.21. The van der Waals surface area contributed by atoms with Crippen LogP contribution in [-0.4, -0.2) is 22.8 Å². The SMILES string of the molecule is Cc1cc(Cl)c(C(=O)N(C)C(C)c2ccccc2)cn1. The summed E-state index contributed by atoms with van der Waals surface area (Å²) in [4.78, 5) is 18.3. The van der Waals surface area contributed by atoms with E-state index in [1.165, 1.54) is 6.20 Å². The number of aromatic nitrogens is 1. The van der Waals surface area contributed by atoms with E-state index >= 15 is 0 Å². The van der Waals surface area contributed by atoms with Crippen LogP contribution in [0.5, 0.6) is 0 Å². The number of carbonyl (C=O) groups is 1. The van der Waals surface area contributed by atoms with Crippen LogP contribution >= 0.6 is 11.6 Å². The average molecular weight is 289 g/mol. The van der Waals surface area contributed by atoms with Crippen LogP contribution in [0.4, 0.5) is 0 Å². The summed E-state index contributed by atoms with van der Waals surface area (Å²) in [5.74, 6) is -0.126. The fourth-order valence-electron chi connectivity index (χ4n) is 2.00. The van der Waals surface area contributed by atoms with E-state index in [-0.39, 0.29) is 11.9 Å². The first-order valence-electron chi connectivity index (χ1n) is 6.45. The molecule has 0 aliphatic rings. The Morgan fingerprint density at radius 1 is 1.30 bits per heavy atom. The van der Waals surface area contributed by atoms with Crippen molar-refractivity contribution in [2.75, 3.05) is 7.05 Å². The summed E-state index contributed by atoms with van der Waals surface area (Å²) in [6.45, 7) is 3.83. The second kappa shape index (κ2) is 6.06. The number of carbonyl (C=O) groups excluding carboxylic acids is 1. The topological polar surface area (TPSA) is 33.2 Å². The summed E-state index contributed by atoms with van der Waals surface area (Å²) < 4.78 is 0. The smallest absolute Gasteiger partial charge is 0.257 e. The fraction of sp³-hybridized carbons (Fsp3) is 0.250. The number of hydrogen-bond donors (Lipinski definition) is 0. The molecule has 3 nitrogen and oxygen atoms in total. The quantitative estimate of drug-likeness (QED) is 0.859. The van der Waals surface area contributed by atoms with Crippen molar-refractivity contribution in [1.29, 1.82) is 0 Å². The van der Waals surface area contributed by atoms with E-state index in [2.05, 4.69) is 4.98 Å². The van der Waals surface area contributed by atoms with Crippen LogP contribution in [0, 0.1) is 6.92 Å². The first kappa shape index (κ1) is 14.5. The van der Waals surface area contributed by atoms with Crippen LogP contribution in [0.3, 0.4) is 0 Å². The lowest BCUT2D eigenvalue weighted by Gasteiger charge is -2.25. The van der Waals surface area contributed by atoms with Crippen molar-refractivity contribution in [3.63, 3.8) is 0 Å². The van der Waals surface area contributed by atoms with Crippen LogP contribution in [0.15, 0.2) is 42.6 Å². The fourth-order valence-corrected chi connectivity index (χ4v) is 2.29. The highest BCUT2D eigenvalue weighted by atomic mass is 35.5. The Morgan fingerprint density at radius 2 is 1.95 bits per heavy atom. The summed E-state index contributed by atoms with van der Waals surface area (Å²) in [6, 6.07) is 11.6. The Hall–Kier alpha value is -1.87. The van der Waals surface area contributed by atoms with Crippen molar-refractivity contribution in [1.82, 2.24) is 9.88 Å². The predicted molar refractivity (Wildman–Crippen MR) is 80.9 cm³/mol. The lowest BCUT2D eigenvalue weighted by molar-refractivity contribution is 0.0742. The summed E-state index contributed by atoms with van der Waals surface area (Å²) in [7, 11) is 1.77. The number of hydrogen-bond acceptors (Lipinski definition) is 2. The van der Waals surface area contributed by atoms with E-state index in [4.69, 9.17) is 11.6 Å². The zero-order valence-electron chi connectivity index (χ0n) is 11.8. The number of rotatable bonds is 3. The molecule has 0 saturated carbocycles. The van der Waals surface area contributed by atoms with Gasteiger partial charge in [0.2, 0.25) is 0 Å². The Balaban J connectivity index is 2.24. The molecule has 20 heavy (non-hydrogen) atoms. The van der Waals surface area contributed by atoms with Crippen LogP contribution in [0.1, 0.15) is 34.6 Å². The first-order chi connectivity index (χ1) is 9.50. The minimum atomic E-state index is -0.126. The van der Waals surface area contributed by atoms with Crippen LogP contribution in [-0.2, 0) is 0 Å². The third kappa shape index (κ3) is 2.99. The van der Waals surface area contributed by atoms with Gasteiger partial charge in [-0.25, -0.2) is 0 Å². The van der Waals surface area contributed by atoms with Crippen molar-refractivity contribution in [2.24, 2.45) is 0 Å². The molecule has 0 N–H and O–H groups in total. The zero-order valence-corrected chi connectivity index (χ0v) is 12.6. The molecule has 1 aromatic carbocycles. The standard InChI is InChI=1S/C16H17ClN2O/c1-11-9-15(17)14(10-18-11)16(20)19(3)12(2)13-7-5-4-6-8-13/h4-10,12H,1-3H3. The Kier molecular flexibility index (Phi) is 4.40. The van der Waals surface area contributed by atoms with E-state index in [0.717, 1.165) is 11.3 Å². The molecule has 104 valence electrons.